The zero-order chi connectivity index (χ0) is 38.6. The first-order valence-corrected chi connectivity index (χ1v) is 18.9. The lowest BCUT2D eigenvalue weighted by atomic mass is 9.92. The summed E-state index contributed by atoms with van der Waals surface area (Å²) >= 11 is 0. The molecule has 1 aromatic heterocycles. The molecular formula is C39H46N4O9S. The molecule has 1 aliphatic rings. The number of pyridine rings is 1. The molecule has 5 rings (SSSR count). The van der Waals surface area contributed by atoms with Gasteiger partial charge in [0.1, 0.15) is 11.9 Å². The number of ether oxygens (including phenoxy) is 4. The number of carbonyl (C=O) groups excluding carboxylic acids is 3. The highest BCUT2D eigenvalue weighted by Crippen LogP contribution is 2.44. The Hall–Kier alpha value is -5.37. The third kappa shape index (κ3) is 8.02. The molecule has 1 saturated heterocycles. The van der Waals surface area contributed by atoms with Crippen LogP contribution in [0.25, 0.3) is 10.8 Å². The van der Waals surface area contributed by atoms with E-state index in [1.807, 2.05) is 26.8 Å². The minimum Gasteiger partial charge on any atom is -0.490 e. The number of fused-ring (bicyclic) bond motifs is 1. The molecule has 53 heavy (non-hydrogen) atoms. The van der Waals surface area contributed by atoms with Crippen molar-refractivity contribution in [2.45, 2.75) is 69.4 Å². The largest absolute Gasteiger partial charge is 0.490 e. The standard InChI is InChI=1S/C39H46N4O9S/c1-8-51-32-21-25(9-13-31(32)52-22(2)3)34(42-27-11-12-28-24(19-27)15-17-41-36(28)40)37(44)43-18-16-29(39(46)50-7)35(43)30-20-26(38(45)49-6)10-14-33(30)53(47,48)23(4)5/h9-15,17,19-23,29,34-35,42H,8,16,18H2,1-7H3,(H2,40,41). The van der Waals surface area contributed by atoms with Crippen molar-refractivity contribution in [2.24, 2.45) is 5.92 Å². The number of likely N-dealkylation sites (tertiary alicyclic amines) is 1. The number of nitrogen functional groups attached to an aromatic ring is 1. The molecule has 4 aromatic rings. The van der Waals surface area contributed by atoms with Crippen LogP contribution in [0.2, 0.25) is 0 Å². The van der Waals surface area contributed by atoms with Crippen LogP contribution in [-0.4, -0.2) is 74.9 Å². The molecule has 14 heteroatoms. The number of aromatic nitrogens is 1. The number of esters is 2. The highest BCUT2D eigenvalue weighted by molar-refractivity contribution is 7.92. The normalized spacial score (nSPS) is 16.4. The van der Waals surface area contributed by atoms with Crippen molar-refractivity contribution in [1.29, 1.82) is 0 Å². The van der Waals surface area contributed by atoms with Crippen molar-refractivity contribution in [3.63, 3.8) is 0 Å². The van der Waals surface area contributed by atoms with E-state index in [1.165, 1.54) is 37.3 Å². The van der Waals surface area contributed by atoms with E-state index in [2.05, 4.69) is 10.3 Å². The number of rotatable bonds is 13. The Labute approximate surface area is 309 Å². The molecule has 0 saturated carbocycles. The van der Waals surface area contributed by atoms with Gasteiger partial charge in [-0.05, 0) is 112 Å². The average Bonchev–Trinajstić information content (AvgIpc) is 3.58. The molecule has 0 radical (unpaired) electrons. The summed E-state index contributed by atoms with van der Waals surface area (Å²) in [6.07, 6.45) is 1.62. The molecule has 3 aromatic carbocycles. The van der Waals surface area contributed by atoms with Gasteiger partial charge in [0.2, 0.25) is 5.91 Å². The Morgan fingerprint density at radius 1 is 0.962 bits per heavy atom. The van der Waals surface area contributed by atoms with E-state index in [0.717, 1.165) is 10.8 Å². The van der Waals surface area contributed by atoms with E-state index >= 15 is 4.79 Å². The summed E-state index contributed by atoms with van der Waals surface area (Å²) in [5.74, 6) is -1.46. The summed E-state index contributed by atoms with van der Waals surface area (Å²) in [5.41, 5.74) is 7.39. The minimum absolute atomic E-state index is 0.0646. The number of carbonyl (C=O) groups is 3. The molecule has 1 amide bonds. The fourth-order valence-electron chi connectivity index (χ4n) is 6.59. The molecule has 0 spiro atoms. The van der Waals surface area contributed by atoms with Crippen molar-refractivity contribution in [2.75, 3.05) is 38.4 Å². The van der Waals surface area contributed by atoms with Crippen LogP contribution in [0, 0.1) is 5.92 Å². The second-order valence-corrected chi connectivity index (χ2v) is 15.7. The zero-order valence-corrected chi connectivity index (χ0v) is 31.7. The topological polar surface area (TPSA) is 176 Å². The molecule has 1 fully saturated rings. The van der Waals surface area contributed by atoms with Crippen molar-refractivity contribution < 1.29 is 41.7 Å². The van der Waals surface area contributed by atoms with Gasteiger partial charge in [0, 0.05) is 23.8 Å². The monoisotopic (exact) mass is 746 g/mol. The highest BCUT2D eigenvalue weighted by atomic mass is 32.2. The Morgan fingerprint density at radius 3 is 2.38 bits per heavy atom. The Bertz CT molecular complexity index is 2120. The van der Waals surface area contributed by atoms with Crippen LogP contribution in [0.15, 0.2) is 71.8 Å². The Balaban J connectivity index is 1.71. The van der Waals surface area contributed by atoms with E-state index in [1.54, 1.807) is 56.4 Å². The molecule has 0 aliphatic carbocycles. The van der Waals surface area contributed by atoms with E-state index in [9.17, 15) is 18.0 Å². The van der Waals surface area contributed by atoms with Crippen molar-refractivity contribution in [3.8, 4) is 11.5 Å². The molecule has 2 heterocycles. The summed E-state index contributed by atoms with van der Waals surface area (Å²) in [6.45, 7) is 9.13. The van der Waals surface area contributed by atoms with Crippen LogP contribution in [-0.2, 0) is 28.9 Å². The lowest BCUT2D eigenvalue weighted by Crippen LogP contribution is -2.40. The van der Waals surface area contributed by atoms with Gasteiger partial charge in [-0.3, -0.25) is 9.59 Å². The number of nitrogens with two attached hydrogens (primary N) is 1. The van der Waals surface area contributed by atoms with Crippen molar-refractivity contribution in [3.05, 3.63) is 83.6 Å². The summed E-state index contributed by atoms with van der Waals surface area (Å²) in [4.78, 5) is 46.9. The molecule has 3 unspecified atom stereocenters. The van der Waals surface area contributed by atoms with E-state index in [4.69, 9.17) is 24.7 Å². The summed E-state index contributed by atoms with van der Waals surface area (Å²) in [7, 11) is -1.52. The molecule has 3 N–H and O–H groups in total. The first-order chi connectivity index (χ1) is 25.2. The van der Waals surface area contributed by atoms with Gasteiger partial charge < -0.3 is 34.9 Å². The first-order valence-electron chi connectivity index (χ1n) is 17.4. The van der Waals surface area contributed by atoms with E-state index in [-0.39, 0.29) is 35.1 Å². The van der Waals surface area contributed by atoms with Crippen LogP contribution in [0.3, 0.4) is 0 Å². The van der Waals surface area contributed by atoms with Crippen molar-refractivity contribution >= 4 is 50.0 Å². The Kier molecular flexibility index (Phi) is 11.8. The maximum Gasteiger partial charge on any atom is 0.337 e. The molecule has 282 valence electrons. The van der Waals surface area contributed by atoms with Crippen molar-refractivity contribution in [1.82, 2.24) is 9.88 Å². The van der Waals surface area contributed by atoms with Gasteiger partial charge in [-0.25, -0.2) is 18.2 Å². The fourth-order valence-corrected chi connectivity index (χ4v) is 7.87. The third-order valence-corrected chi connectivity index (χ3v) is 11.4. The molecular weight excluding hydrogens is 701 g/mol. The smallest absolute Gasteiger partial charge is 0.337 e. The van der Waals surface area contributed by atoms with Gasteiger partial charge in [0.25, 0.3) is 0 Å². The van der Waals surface area contributed by atoms with Crippen LogP contribution in [0.4, 0.5) is 11.5 Å². The average molecular weight is 747 g/mol. The van der Waals surface area contributed by atoms with Gasteiger partial charge >= 0.3 is 11.9 Å². The maximum atomic E-state index is 15.2. The molecule has 0 bridgehead atoms. The number of anilines is 2. The van der Waals surface area contributed by atoms with E-state index in [0.29, 0.717) is 35.2 Å². The lowest BCUT2D eigenvalue weighted by molar-refractivity contribution is -0.147. The summed E-state index contributed by atoms with van der Waals surface area (Å²) < 4.78 is 49.8. The number of sulfone groups is 1. The van der Waals surface area contributed by atoms with E-state index < -0.39 is 50.9 Å². The zero-order valence-electron chi connectivity index (χ0n) is 30.9. The number of hydrogen-bond donors (Lipinski definition) is 2. The number of hydrogen-bond acceptors (Lipinski definition) is 12. The highest BCUT2D eigenvalue weighted by Gasteiger charge is 2.47. The number of nitrogens with zero attached hydrogens (tertiary/aromatic N) is 2. The predicted molar refractivity (Wildman–Crippen MR) is 201 cm³/mol. The Morgan fingerprint density at radius 2 is 1.72 bits per heavy atom. The number of amides is 1. The third-order valence-electron chi connectivity index (χ3n) is 9.18. The summed E-state index contributed by atoms with van der Waals surface area (Å²) in [5, 5.41) is 4.07. The number of methoxy groups -OCH3 is 2. The fraction of sp³-hybridized carbons (Fsp3) is 0.385. The molecule has 1 aliphatic heterocycles. The van der Waals surface area contributed by atoms with Gasteiger partial charge in [-0.15, -0.1) is 0 Å². The van der Waals surface area contributed by atoms with Gasteiger partial charge in [-0.1, -0.05) is 6.07 Å². The quantitative estimate of drug-likeness (QED) is 0.156. The summed E-state index contributed by atoms with van der Waals surface area (Å²) in [6, 6.07) is 14.4. The van der Waals surface area contributed by atoms with Crippen LogP contribution >= 0.6 is 0 Å². The van der Waals surface area contributed by atoms with Gasteiger partial charge in [-0.2, -0.15) is 0 Å². The SMILES string of the molecule is CCOc1cc(C(Nc2ccc3c(N)nccc3c2)C(=O)N2CCC(C(=O)OC)C2c2cc(C(=O)OC)ccc2S(=O)(=O)C(C)C)ccc1OC(C)C. The molecule has 3 atom stereocenters. The molecule has 13 nitrogen and oxygen atoms in total. The van der Waals surface area contributed by atoms with Crippen LogP contribution in [0.5, 0.6) is 11.5 Å². The second kappa shape index (κ2) is 16.1. The first kappa shape index (κ1) is 38.9. The van der Waals surface area contributed by atoms with Crippen LogP contribution < -0.4 is 20.5 Å². The van der Waals surface area contributed by atoms with Gasteiger partial charge in [0.15, 0.2) is 21.3 Å². The van der Waals surface area contributed by atoms with Gasteiger partial charge in [0.05, 0.1) is 54.6 Å². The number of benzene rings is 3. The second-order valence-electron chi connectivity index (χ2n) is 13.2. The number of nitrogens with one attached hydrogen (secondary N) is 1. The predicted octanol–water partition coefficient (Wildman–Crippen LogP) is 5.89. The minimum atomic E-state index is -3.97. The lowest BCUT2D eigenvalue weighted by Gasteiger charge is -2.33. The van der Waals surface area contributed by atoms with Crippen LogP contribution in [0.1, 0.15) is 74.6 Å². The maximum absolute atomic E-state index is 15.2.